The van der Waals surface area contributed by atoms with Crippen LogP contribution in [0.2, 0.25) is 0 Å². The standard InChI is InChI=1S/2C10H15.Zr/c2*1-9(2)7-8-10-5-3-4-6-10;/h2*5-6,9H,3,7-8H2,1-2H3;/q2*-1;+2. The Balaban J connectivity index is 0.000000364. The van der Waals surface area contributed by atoms with Crippen molar-refractivity contribution in [3.8, 4) is 0 Å². The molecule has 2 aliphatic carbocycles. The van der Waals surface area contributed by atoms with E-state index in [2.05, 4.69) is 64.2 Å². The molecular formula is C20H30Zr. The monoisotopic (exact) mass is 360 g/mol. The van der Waals surface area contributed by atoms with Crippen molar-refractivity contribution in [1.29, 1.82) is 0 Å². The number of rotatable bonds is 6. The Bertz CT molecular complexity index is 343. The van der Waals surface area contributed by atoms with Crippen molar-refractivity contribution >= 4 is 0 Å². The van der Waals surface area contributed by atoms with E-state index in [9.17, 15) is 0 Å². The Hall–Kier alpha value is -0.157. The first-order chi connectivity index (χ1) is 9.58. The zero-order valence-electron chi connectivity index (χ0n) is 14.2. The van der Waals surface area contributed by atoms with E-state index in [-0.39, 0.29) is 26.2 Å². The van der Waals surface area contributed by atoms with Gasteiger partial charge in [-0.1, -0.05) is 53.4 Å². The molecule has 0 aromatic rings. The van der Waals surface area contributed by atoms with Gasteiger partial charge < -0.3 is 0 Å². The molecule has 0 N–H and O–H groups in total. The van der Waals surface area contributed by atoms with E-state index < -0.39 is 0 Å². The Morgan fingerprint density at radius 1 is 0.810 bits per heavy atom. The van der Waals surface area contributed by atoms with Crippen molar-refractivity contribution in [3.05, 3.63) is 47.6 Å². The maximum Gasteiger partial charge on any atom is 2.00 e. The summed E-state index contributed by atoms with van der Waals surface area (Å²) in [6.07, 6.45) is 22.3. The predicted octanol–water partition coefficient (Wildman–Crippen LogP) is 6.22. The largest absolute Gasteiger partial charge is 2.00 e. The molecule has 0 fully saturated rings. The van der Waals surface area contributed by atoms with Gasteiger partial charge in [-0.15, -0.1) is 12.8 Å². The van der Waals surface area contributed by atoms with Gasteiger partial charge in [-0.2, -0.15) is 12.2 Å². The van der Waals surface area contributed by atoms with Crippen LogP contribution in [0.1, 0.15) is 66.2 Å². The first-order valence-corrected chi connectivity index (χ1v) is 8.09. The van der Waals surface area contributed by atoms with Gasteiger partial charge in [0.15, 0.2) is 0 Å². The summed E-state index contributed by atoms with van der Waals surface area (Å²) in [6.45, 7) is 9.07. The molecule has 0 aromatic heterocycles. The Kier molecular flexibility index (Phi) is 12.3. The van der Waals surface area contributed by atoms with Gasteiger partial charge in [0.2, 0.25) is 0 Å². The molecule has 114 valence electrons. The molecule has 0 saturated heterocycles. The molecule has 0 radical (unpaired) electrons. The van der Waals surface area contributed by atoms with Crippen LogP contribution in [0.4, 0.5) is 0 Å². The fourth-order valence-corrected chi connectivity index (χ4v) is 2.14. The van der Waals surface area contributed by atoms with Gasteiger partial charge in [0.1, 0.15) is 0 Å². The Morgan fingerprint density at radius 2 is 1.19 bits per heavy atom. The number of allylic oxidation sites excluding steroid dienone is 8. The van der Waals surface area contributed by atoms with Crippen LogP contribution < -0.4 is 0 Å². The van der Waals surface area contributed by atoms with Crippen molar-refractivity contribution in [2.45, 2.75) is 66.2 Å². The molecule has 2 rings (SSSR count). The van der Waals surface area contributed by atoms with Crippen molar-refractivity contribution < 1.29 is 26.2 Å². The molecule has 0 aromatic carbocycles. The average Bonchev–Trinajstić information content (AvgIpc) is 3.08. The summed E-state index contributed by atoms with van der Waals surface area (Å²) in [5, 5.41) is 0. The van der Waals surface area contributed by atoms with E-state index in [1.54, 1.807) is 0 Å². The van der Waals surface area contributed by atoms with Crippen LogP contribution in [0.15, 0.2) is 35.5 Å². The van der Waals surface area contributed by atoms with Crippen molar-refractivity contribution in [1.82, 2.24) is 0 Å². The van der Waals surface area contributed by atoms with Crippen molar-refractivity contribution in [3.63, 3.8) is 0 Å². The maximum absolute atomic E-state index is 3.18. The fourth-order valence-electron chi connectivity index (χ4n) is 2.14. The summed E-state index contributed by atoms with van der Waals surface area (Å²) < 4.78 is 0. The van der Waals surface area contributed by atoms with Gasteiger partial charge in [0.25, 0.3) is 0 Å². The smallest absolute Gasteiger partial charge is 0.273 e. The molecular weight excluding hydrogens is 331 g/mol. The van der Waals surface area contributed by atoms with Crippen molar-refractivity contribution in [2.75, 3.05) is 0 Å². The van der Waals surface area contributed by atoms with E-state index in [0.29, 0.717) is 0 Å². The summed E-state index contributed by atoms with van der Waals surface area (Å²) >= 11 is 0. The third kappa shape index (κ3) is 11.1. The summed E-state index contributed by atoms with van der Waals surface area (Å²) in [5.41, 5.74) is 2.96. The molecule has 0 heterocycles. The fraction of sp³-hybridized carbons (Fsp3) is 0.600. The van der Waals surface area contributed by atoms with Gasteiger partial charge in [0, 0.05) is 0 Å². The number of hydrogen-bond donors (Lipinski definition) is 0. The summed E-state index contributed by atoms with van der Waals surface area (Å²) in [6, 6.07) is 0. The molecule has 0 atom stereocenters. The second-order valence-corrected chi connectivity index (χ2v) is 6.53. The molecule has 0 saturated carbocycles. The van der Waals surface area contributed by atoms with Crippen molar-refractivity contribution in [2.24, 2.45) is 11.8 Å². The first kappa shape index (κ1) is 20.8. The van der Waals surface area contributed by atoms with Crippen LogP contribution in [-0.4, -0.2) is 0 Å². The zero-order chi connectivity index (χ0) is 14.8. The normalized spacial score (nSPS) is 15.7. The first-order valence-electron chi connectivity index (χ1n) is 8.09. The summed E-state index contributed by atoms with van der Waals surface area (Å²) in [7, 11) is 0. The molecule has 0 nitrogen and oxygen atoms in total. The molecule has 0 spiro atoms. The number of hydrogen-bond acceptors (Lipinski definition) is 0. The minimum absolute atomic E-state index is 0. The van der Waals surface area contributed by atoms with E-state index in [1.807, 2.05) is 0 Å². The van der Waals surface area contributed by atoms with E-state index >= 15 is 0 Å². The van der Waals surface area contributed by atoms with Crippen LogP contribution in [0.3, 0.4) is 0 Å². The molecule has 21 heavy (non-hydrogen) atoms. The minimum atomic E-state index is 0. The van der Waals surface area contributed by atoms with Gasteiger partial charge in [0.05, 0.1) is 0 Å². The average molecular weight is 362 g/mol. The van der Waals surface area contributed by atoms with Gasteiger partial charge >= 0.3 is 26.2 Å². The van der Waals surface area contributed by atoms with Gasteiger partial charge in [-0.3, -0.25) is 12.2 Å². The Labute approximate surface area is 151 Å². The van der Waals surface area contributed by atoms with Crippen LogP contribution in [0.25, 0.3) is 0 Å². The second-order valence-electron chi connectivity index (χ2n) is 6.53. The molecule has 0 unspecified atom stereocenters. The topological polar surface area (TPSA) is 0 Å². The molecule has 0 aliphatic heterocycles. The van der Waals surface area contributed by atoms with E-state index in [4.69, 9.17) is 0 Å². The van der Waals surface area contributed by atoms with E-state index in [0.717, 1.165) is 24.7 Å². The maximum atomic E-state index is 3.18. The van der Waals surface area contributed by atoms with Gasteiger partial charge in [-0.05, 0) is 11.8 Å². The Morgan fingerprint density at radius 3 is 1.43 bits per heavy atom. The second kappa shape index (κ2) is 12.4. The van der Waals surface area contributed by atoms with Crippen LogP contribution in [0, 0.1) is 24.0 Å². The van der Waals surface area contributed by atoms with Crippen LogP contribution >= 0.6 is 0 Å². The molecule has 2 aliphatic rings. The summed E-state index contributed by atoms with van der Waals surface area (Å²) in [4.78, 5) is 0. The van der Waals surface area contributed by atoms with Crippen LogP contribution in [0.5, 0.6) is 0 Å². The third-order valence-electron chi connectivity index (χ3n) is 3.56. The third-order valence-corrected chi connectivity index (χ3v) is 3.56. The minimum Gasteiger partial charge on any atom is -0.273 e. The van der Waals surface area contributed by atoms with E-state index in [1.165, 1.54) is 36.8 Å². The van der Waals surface area contributed by atoms with Crippen LogP contribution in [-0.2, 0) is 26.2 Å². The summed E-state index contributed by atoms with van der Waals surface area (Å²) in [5.74, 6) is 1.66. The molecule has 0 amide bonds. The zero-order valence-corrected chi connectivity index (χ0v) is 16.7. The quantitative estimate of drug-likeness (QED) is 0.492. The molecule has 1 heteroatoms. The SMILES string of the molecule is CC(C)CCC1=CC[C-]=C1.CC(C)CCC1=CC[C-]=C1.[Zr+2]. The van der Waals surface area contributed by atoms with Gasteiger partial charge in [-0.25, -0.2) is 23.3 Å². The molecule has 0 bridgehead atoms. The predicted molar refractivity (Wildman–Crippen MR) is 89.2 cm³/mol.